The number of carbonyl (C=O) groups is 1. The molecule has 0 saturated heterocycles. The lowest BCUT2D eigenvalue weighted by molar-refractivity contribution is 0.0942. The Morgan fingerprint density at radius 1 is 1.03 bits per heavy atom. The second kappa shape index (κ2) is 8.49. The van der Waals surface area contributed by atoms with Crippen molar-refractivity contribution in [1.82, 2.24) is 10.3 Å². The molecule has 1 unspecified atom stereocenters. The smallest absolute Gasteiger partial charge is 0.252 e. The summed E-state index contributed by atoms with van der Waals surface area (Å²) in [6.07, 6.45) is 4.90. The molecule has 0 fully saturated rings. The third-order valence-corrected chi connectivity index (χ3v) is 5.82. The molecule has 4 nitrogen and oxygen atoms in total. The average Bonchev–Trinajstić information content (AvgIpc) is 3.59. The van der Waals surface area contributed by atoms with Crippen molar-refractivity contribution < 1.29 is 4.79 Å². The molecule has 1 aliphatic rings. The SMILES string of the molecule is N#Cc1ccc(C(=O)NC(c2ccc(Cl)c(Cl)c2)c2ccc(C3=CC3)cn2)cc1Cl. The van der Waals surface area contributed by atoms with Gasteiger partial charge in [0.05, 0.1) is 32.4 Å². The van der Waals surface area contributed by atoms with Crippen molar-refractivity contribution in [1.29, 1.82) is 5.26 Å². The topological polar surface area (TPSA) is 65.8 Å². The fourth-order valence-electron chi connectivity index (χ4n) is 3.03. The molecule has 1 atom stereocenters. The Kier molecular flexibility index (Phi) is 5.78. The van der Waals surface area contributed by atoms with Crippen LogP contribution in [0.1, 0.15) is 45.2 Å². The Balaban J connectivity index is 1.68. The van der Waals surface area contributed by atoms with E-state index in [0.717, 1.165) is 17.5 Å². The highest BCUT2D eigenvalue weighted by molar-refractivity contribution is 6.42. The van der Waals surface area contributed by atoms with Crippen LogP contribution in [0.25, 0.3) is 5.57 Å². The number of hydrogen-bond acceptors (Lipinski definition) is 3. The van der Waals surface area contributed by atoms with Gasteiger partial charge in [0, 0.05) is 11.8 Å². The normalized spacial score (nSPS) is 13.2. The average molecular weight is 455 g/mol. The third-order valence-electron chi connectivity index (χ3n) is 4.77. The first-order valence-corrected chi connectivity index (χ1v) is 10.2. The minimum atomic E-state index is -0.552. The molecular formula is C23H14Cl3N3O. The fourth-order valence-corrected chi connectivity index (χ4v) is 3.56. The summed E-state index contributed by atoms with van der Waals surface area (Å²) >= 11 is 18.3. The molecule has 0 aliphatic heterocycles. The molecule has 0 bridgehead atoms. The molecule has 1 amide bonds. The van der Waals surface area contributed by atoms with Gasteiger partial charge in [-0.3, -0.25) is 9.78 Å². The van der Waals surface area contributed by atoms with E-state index < -0.39 is 6.04 Å². The first kappa shape index (κ1) is 20.4. The van der Waals surface area contributed by atoms with E-state index >= 15 is 0 Å². The van der Waals surface area contributed by atoms with Crippen molar-refractivity contribution in [3.8, 4) is 6.07 Å². The van der Waals surface area contributed by atoms with Gasteiger partial charge in [-0.2, -0.15) is 5.26 Å². The second-order valence-corrected chi connectivity index (χ2v) is 8.01. The molecule has 0 radical (unpaired) electrons. The zero-order valence-corrected chi connectivity index (χ0v) is 17.8. The standard InChI is InChI=1S/C23H14Cl3N3O/c24-18-7-5-14(9-20(18)26)22(21-8-6-17(12-28-21)13-1-2-13)29-23(30)15-3-4-16(11-27)19(25)10-15/h1,3-10,12,22H,2H2,(H,29,30). The van der Waals surface area contributed by atoms with Gasteiger partial charge < -0.3 is 5.32 Å². The summed E-state index contributed by atoms with van der Waals surface area (Å²) in [5, 5.41) is 13.0. The molecule has 2 aromatic carbocycles. The molecule has 1 N–H and O–H groups in total. The number of amides is 1. The van der Waals surface area contributed by atoms with Gasteiger partial charge in [-0.1, -0.05) is 53.0 Å². The van der Waals surface area contributed by atoms with Crippen molar-refractivity contribution in [2.45, 2.75) is 12.5 Å². The fraction of sp³-hybridized carbons (Fsp3) is 0.0870. The maximum atomic E-state index is 12.9. The van der Waals surface area contributed by atoms with Gasteiger partial charge in [0.1, 0.15) is 6.07 Å². The Labute approximate surface area is 188 Å². The second-order valence-electron chi connectivity index (χ2n) is 6.79. The van der Waals surface area contributed by atoms with Crippen LogP contribution >= 0.6 is 34.8 Å². The summed E-state index contributed by atoms with van der Waals surface area (Å²) in [7, 11) is 0. The number of carbonyl (C=O) groups excluding carboxylic acids is 1. The number of nitrogens with zero attached hydrogens (tertiary/aromatic N) is 2. The van der Waals surface area contributed by atoms with Crippen LogP contribution < -0.4 is 5.32 Å². The number of hydrogen-bond donors (Lipinski definition) is 1. The van der Waals surface area contributed by atoms with Crippen LogP contribution in [-0.2, 0) is 0 Å². The molecule has 0 spiro atoms. The van der Waals surface area contributed by atoms with Gasteiger partial charge >= 0.3 is 0 Å². The minimum absolute atomic E-state index is 0.219. The minimum Gasteiger partial charge on any atom is -0.340 e. The lowest BCUT2D eigenvalue weighted by Crippen LogP contribution is -2.30. The Hall–Kier alpha value is -2.84. The van der Waals surface area contributed by atoms with Crippen LogP contribution in [0.5, 0.6) is 0 Å². The third kappa shape index (κ3) is 4.34. The maximum absolute atomic E-state index is 12.9. The molecule has 1 aromatic heterocycles. The van der Waals surface area contributed by atoms with Crippen LogP contribution in [0, 0.1) is 11.3 Å². The number of allylic oxidation sites excluding steroid dienone is 2. The van der Waals surface area contributed by atoms with Gasteiger partial charge in [-0.05, 0) is 59.5 Å². The van der Waals surface area contributed by atoms with Gasteiger partial charge in [0.15, 0.2) is 0 Å². The van der Waals surface area contributed by atoms with Crippen LogP contribution in [0.4, 0.5) is 0 Å². The predicted molar refractivity (Wildman–Crippen MR) is 119 cm³/mol. The van der Waals surface area contributed by atoms with E-state index in [1.165, 1.54) is 17.7 Å². The summed E-state index contributed by atoms with van der Waals surface area (Å²) < 4.78 is 0. The van der Waals surface area contributed by atoms with E-state index in [2.05, 4.69) is 16.4 Å². The molecule has 30 heavy (non-hydrogen) atoms. The molecular weight excluding hydrogens is 441 g/mol. The zero-order chi connectivity index (χ0) is 21.3. The van der Waals surface area contributed by atoms with E-state index in [0.29, 0.717) is 26.9 Å². The number of nitriles is 1. The number of aromatic nitrogens is 1. The lowest BCUT2D eigenvalue weighted by atomic mass is 10.0. The summed E-state index contributed by atoms with van der Waals surface area (Å²) in [6.45, 7) is 0. The van der Waals surface area contributed by atoms with E-state index in [4.69, 9.17) is 40.1 Å². The highest BCUT2D eigenvalue weighted by Crippen LogP contribution is 2.32. The summed E-state index contributed by atoms with van der Waals surface area (Å²) in [6, 6.07) is 15.0. The number of benzene rings is 2. The van der Waals surface area contributed by atoms with Crippen molar-refractivity contribution in [3.63, 3.8) is 0 Å². The molecule has 1 heterocycles. The van der Waals surface area contributed by atoms with Crippen LogP contribution in [0.3, 0.4) is 0 Å². The molecule has 1 aliphatic carbocycles. The van der Waals surface area contributed by atoms with Crippen LogP contribution in [-0.4, -0.2) is 10.9 Å². The molecule has 7 heteroatoms. The number of rotatable bonds is 5. The molecule has 3 aromatic rings. The van der Waals surface area contributed by atoms with Gasteiger partial charge in [0.25, 0.3) is 5.91 Å². The van der Waals surface area contributed by atoms with E-state index in [1.807, 2.05) is 18.2 Å². The number of pyridine rings is 1. The Bertz CT molecular complexity index is 1210. The number of halogens is 3. The van der Waals surface area contributed by atoms with Crippen molar-refractivity contribution >= 4 is 46.3 Å². The molecule has 4 rings (SSSR count). The largest absolute Gasteiger partial charge is 0.340 e. The Morgan fingerprint density at radius 3 is 2.43 bits per heavy atom. The van der Waals surface area contributed by atoms with Gasteiger partial charge in [-0.25, -0.2) is 0 Å². The van der Waals surface area contributed by atoms with Gasteiger partial charge in [0.2, 0.25) is 0 Å². The summed E-state index contributed by atoms with van der Waals surface area (Å²) in [5.74, 6) is -0.353. The van der Waals surface area contributed by atoms with Crippen LogP contribution in [0.15, 0.2) is 60.8 Å². The number of nitrogens with one attached hydrogen (secondary N) is 1. The first-order chi connectivity index (χ1) is 14.5. The highest BCUT2D eigenvalue weighted by Gasteiger charge is 2.21. The highest BCUT2D eigenvalue weighted by atomic mass is 35.5. The lowest BCUT2D eigenvalue weighted by Gasteiger charge is -2.20. The van der Waals surface area contributed by atoms with E-state index in [1.54, 1.807) is 30.5 Å². The molecule has 148 valence electrons. The monoisotopic (exact) mass is 453 g/mol. The first-order valence-electron chi connectivity index (χ1n) is 9.07. The summed E-state index contributed by atoms with van der Waals surface area (Å²) in [5.41, 5.74) is 4.37. The molecule has 0 saturated carbocycles. The van der Waals surface area contributed by atoms with Gasteiger partial charge in [-0.15, -0.1) is 0 Å². The van der Waals surface area contributed by atoms with Crippen LogP contribution in [0.2, 0.25) is 15.1 Å². The van der Waals surface area contributed by atoms with Crippen molar-refractivity contribution in [2.24, 2.45) is 0 Å². The zero-order valence-electron chi connectivity index (χ0n) is 15.5. The summed E-state index contributed by atoms with van der Waals surface area (Å²) in [4.78, 5) is 17.5. The Morgan fingerprint density at radius 2 is 1.83 bits per heavy atom. The maximum Gasteiger partial charge on any atom is 0.252 e. The van der Waals surface area contributed by atoms with E-state index in [9.17, 15) is 4.79 Å². The van der Waals surface area contributed by atoms with Crippen molar-refractivity contribution in [2.75, 3.05) is 0 Å². The van der Waals surface area contributed by atoms with Crippen molar-refractivity contribution in [3.05, 3.63) is 104 Å². The van der Waals surface area contributed by atoms with E-state index in [-0.39, 0.29) is 10.9 Å². The quantitative estimate of drug-likeness (QED) is 0.497. The predicted octanol–water partition coefficient (Wildman–Crippen LogP) is 6.22.